The van der Waals surface area contributed by atoms with Crippen LogP contribution in [0.1, 0.15) is 11.1 Å². The molecule has 0 saturated heterocycles. The van der Waals surface area contributed by atoms with E-state index in [1.165, 1.54) is 10.4 Å². The molecule has 2 N–H and O–H groups in total. The quantitative estimate of drug-likeness (QED) is 0.832. The van der Waals surface area contributed by atoms with E-state index in [0.717, 1.165) is 22.5 Å². The van der Waals surface area contributed by atoms with Crippen molar-refractivity contribution in [2.45, 2.75) is 17.9 Å². The Bertz CT molecular complexity index is 802. The fourth-order valence-corrected chi connectivity index (χ4v) is 5.93. The highest BCUT2D eigenvalue weighted by Gasteiger charge is 2.31. The lowest BCUT2D eigenvalue weighted by Crippen LogP contribution is -2.35. The van der Waals surface area contributed by atoms with E-state index in [0.29, 0.717) is 29.5 Å². The first kappa shape index (κ1) is 15.1. The number of anilines is 1. The lowest BCUT2D eigenvalue weighted by Gasteiger charge is -2.28. The molecule has 0 radical (unpaired) electrons. The molecule has 1 aliphatic rings. The van der Waals surface area contributed by atoms with Crippen LogP contribution in [0.25, 0.3) is 0 Å². The smallest absolute Gasteiger partial charge is 0.245 e. The molecule has 1 aromatic heterocycles. The zero-order valence-electron chi connectivity index (χ0n) is 10.8. The Morgan fingerprint density at radius 1 is 1.19 bits per heavy atom. The Hall–Kier alpha value is -0.790. The fourth-order valence-electron chi connectivity index (χ4n) is 2.40. The Morgan fingerprint density at radius 3 is 2.62 bits per heavy atom. The summed E-state index contributed by atoms with van der Waals surface area (Å²) in [7, 11) is -3.64. The Kier molecular flexibility index (Phi) is 3.92. The molecule has 0 amide bonds. The van der Waals surface area contributed by atoms with Crippen LogP contribution in [-0.4, -0.2) is 19.3 Å². The van der Waals surface area contributed by atoms with Gasteiger partial charge in [-0.3, -0.25) is 0 Å². The van der Waals surface area contributed by atoms with Crippen molar-refractivity contribution in [3.8, 4) is 0 Å². The van der Waals surface area contributed by atoms with Crippen LogP contribution in [0.5, 0.6) is 0 Å². The van der Waals surface area contributed by atoms with Crippen molar-refractivity contribution in [1.29, 1.82) is 0 Å². The highest BCUT2D eigenvalue weighted by Crippen LogP contribution is 2.37. The van der Waals surface area contributed by atoms with Crippen molar-refractivity contribution in [1.82, 2.24) is 4.31 Å². The molecule has 1 aromatic carbocycles. The van der Waals surface area contributed by atoms with Gasteiger partial charge < -0.3 is 5.73 Å². The van der Waals surface area contributed by atoms with Gasteiger partial charge in [-0.15, -0.1) is 11.3 Å². The van der Waals surface area contributed by atoms with Gasteiger partial charge in [0.1, 0.15) is 9.23 Å². The van der Waals surface area contributed by atoms with E-state index in [1.54, 1.807) is 0 Å². The number of hydrogen-bond donors (Lipinski definition) is 1. The van der Waals surface area contributed by atoms with Gasteiger partial charge in [0.05, 0.1) is 4.34 Å². The standard InChI is InChI=1S/C13H12Cl2N2O2S2/c14-12-6-11(13(15)20-12)21(18,19)17-4-3-8-1-2-10(16)5-9(8)7-17/h1-2,5-6H,3-4,7,16H2. The van der Waals surface area contributed by atoms with E-state index >= 15 is 0 Å². The van der Waals surface area contributed by atoms with E-state index in [9.17, 15) is 8.42 Å². The largest absolute Gasteiger partial charge is 0.399 e. The molecular weight excluding hydrogens is 351 g/mol. The van der Waals surface area contributed by atoms with Gasteiger partial charge >= 0.3 is 0 Å². The number of sulfonamides is 1. The summed E-state index contributed by atoms with van der Waals surface area (Å²) in [6.07, 6.45) is 0.657. The minimum Gasteiger partial charge on any atom is -0.399 e. The number of hydrogen-bond acceptors (Lipinski definition) is 4. The minimum absolute atomic E-state index is 0.0755. The lowest BCUT2D eigenvalue weighted by molar-refractivity contribution is 0.391. The Labute approximate surface area is 137 Å². The zero-order chi connectivity index (χ0) is 15.2. The number of nitrogen functional groups attached to an aromatic ring is 1. The third kappa shape index (κ3) is 2.78. The number of nitrogens with two attached hydrogens (primary N) is 1. The summed E-state index contributed by atoms with van der Waals surface area (Å²) in [5, 5.41) is 0. The summed E-state index contributed by atoms with van der Waals surface area (Å²) in [5.74, 6) is 0. The summed E-state index contributed by atoms with van der Waals surface area (Å²) in [5.41, 5.74) is 8.46. The Balaban J connectivity index is 1.97. The van der Waals surface area contributed by atoms with Gasteiger partial charge in [-0.25, -0.2) is 8.42 Å². The molecule has 21 heavy (non-hydrogen) atoms. The summed E-state index contributed by atoms with van der Waals surface area (Å²) in [4.78, 5) is 0.0755. The van der Waals surface area contributed by atoms with Crippen LogP contribution in [0.3, 0.4) is 0 Å². The Morgan fingerprint density at radius 2 is 1.95 bits per heavy atom. The average molecular weight is 363 g/mol. The molecule has 0 aliphatic carbocycles. The number of nitrogens with zero attached hydrogens (tertiary/aromatic N) is 1. The van der Waals surface area contributed by atoms with E-state index in [2.05, 4.69) is 0 Å². The molecule has 4 nitrogen and oxygen atoms in total. The lowest BCUT2D eigenvalue weighted by atomic mass is 10.0. The van der Waals surface area contributed by atoms with Crippen LogP contribution >= 0.6 is 34.5 Å². The maximum Gasteiger partial charge on any atom is 0.245 e. The van der Waals surface area contributed by atoms with Gasteiger partial charge in [0, 0.05) is 18.8 Å². The molecule has 3 rings (SSSR count). The van der Waals surface area contributed by atoms with Gasteiger partial charge in [-0.1, -0.05) is 29.3 Å². The summed E-state index contributed by atoms with van der Waals surface area (Å²) < 4.78 is 27.3. The molecule has 0 saturated carbocycles. The highest BCUT2D eigenvalue weighted by atomic mass is 35.5. The fraction of sp³-hybridized carbons (Fsp3) is 0.231. The molecule has 0 fully saturated rings. The third-order valence-electron chi connectivity index (χ3n) is 3.45. The van der Waals surface area contributed by atoms with Crippen LogP contribution in [0.15, 0.2) is 29.2 Å². The van der Waals surface area contributed by atoms with E-state index in [1.807, 2.05) is 18.2 Å². The molecule has 112 valence electrons. The van der Waals surface area contributed by atoms with Gasteiger partial charge in [0.15, 0.2) is 0 Å². The second kappa shape index (κ2) is 5.44. The number of fused-ring (bicyclic) bond motifs is 1. The first-order valence-corrected chi connectivity index (χ1v) is 9.21. The van der Waals surface area contributed by atoms with Crippen LogP contribution in [-0.2, 0) is 23.0 Å². The molecular formula is C13H12Cl2N2O2S2. The van der Waals surface area contributed by atoms with Crippen molar-refractivity contribution in [3.63, 3.8) is 0 Å². The highest BCUT2D eigenvalue weighted by molar-refractivity contribution is 7.89. The summed E-state index contributed by atoms with van der Waals surface area (Å²) in [6.45, 7) is 0.718. The molecule has 0 unspecified atom stereocenters. The minimum atomic E-state index is -3.64. The predicted octanol–water partition coefficient (Wildman–Crippen LogP) is 3.38. The van der Waals surface area contributed by atoms with Crippen molar-refractivity contribution >= 4 is 50.2 Å². The average Bonchev–Trinajstić information content (AvgIpc) is 2.77. The molecule has 0 bridgehead atoms. The van der Waals surface area contributed by atoms with Crippen molar-refractivity contribution in [2.75, 3.05) is 12.3 Å². The van der Waals surface area contributed by atoms with Gasteiger partial charge in [-0.05, 0) is 35.7 Å². The molecule has 0 spiro atoms. The molecule has 8 heteroatoms. The first-order valence-electron chi connectivity index (χ1n) is 6.20. The molecule has 2 heterocycles. The topological polar surface area (TPSA) is 63.4 Å². The number of benzene rings is 1. The predicted molar refractivity (Wildman–Crippen MR) is 86.5 cm³/mol. The summed E-state index contributed by atoms with van der Waals surface area (Å²) in [6, 6.07) is 7.00. The van der Waals surface area contributed by atoms with Crippen molar-refractivity contribution in [3.05, 3.63) is 44.1 Å². The van der Waals surface area contributed by atoms with Crippen molar-refractivity contribution < 1.29 is 8.42 Å². The van der Waals surface area contributed by atoms with E-state index in [4.69, 9.17) is 28.9 Å². The van der Waals surface area contributed by atoms with Crippen LogP contribution in [0.2, 0.25) is 8.67 Å². The molecule has 1 aliphatic heterocycles. The third-order valence-corrected chi connectivity index (χ3v) is 7.05. The first-order chi connectivity index (χ1) is 9.88. The van der Waals surface area contributed by atoms with E-state index < -0.39 is 10.0 Å². The molecule has 0 atom stereocenters. The van der Waals surface area contributed by atoms with Crippen molar-refractivity contribution in [2.24, 2.45) is 0 Å². The van der Waals surface area contributed by atoms with Crippen LogP contribution in [0.4, 0.5) is 5.69 Å². The van der Waals surface area contributed by atoms with Gasteiger partial charge in [0.2, 0.25) is 10.0 Å². The second-order valence-corrected chi connectivity index (χ2v) is 9.00. The SMILES string of the molecule is Nc1ccc2c(c1)CN(S(=O)(=O)c1cc(Cl)sc1Cl)CC2. The number of rotatable bonds is 2. The maximum absolute atomic E-state index is 12.7. The monoisotopic (exact) mass is 362 g/mol. The second-order valence-electron chi connectivity index (χ2n) is 4.81. The summed E-state index contributed by atoms with van der Waals surface area (Å²) >= 11 is 12.9. The van der Waals surface area contributed by atoms with Crippen LogP contribution in [0, 0.1) is 0 Å². The maximum atomic E-state index is 12.7. The molecule has 2 aromatic rings. The number of halogens is 2. The zero-order valence-corrected chi connectivity index (χ0v) is 14.0. The van der Waals surface area contributed by atoms with Gasteiger partial charge in [-0.2, -0.15) is 4.31 Å². The van der Waals surface area contributed by atoms with Gasteiger partial charge in [0.25, 0.3) is 0 Å². The number of thiophene rings is 1. The van der Waals surface area contributed by atoms with E-state index in [-0.39, 0.29) is 9.23 Å². The normalized spacial score (nSPS) is 15.9. The van der Waals surface area contributed by atoms with Crippen LogP contribution < -0.4 is 5.73 Å².